The van der Waals surface area contributed by atoms with E-state index in [1.165, 1.54) is 7.11 Å². The van der Waals surface area contributed by atoms with E-state index in [0.717, 1.165) is 12.3 Å². The van der Waals surface area contributed by atoms with Crippen LogP contribution in [0.4, 0.5) is 11.4 Å². The Balaban J connectivity index is 2.37. The van der Waals surface area contributed by atoms with E-state index < -0.39 is 16.5 Å². The predicted octanol–water partition coefficient (Wildman–Crippen LogP) is 2.90. The molecule has 7 nitrogen and oxygen atoms in total. The van der Waals surface area contributed by atoms with Gasteiger partial charge in [0.25, 0.3) is 11.6 Å². The number of pyridine rings is 1. The van der Waals surface area contributed by atoms with Crippen molar-refractivity contribution in [3.8, 4) is 5.75 Å². The third-order valence-electron chi connectivity index (χ3n) is 2.65. The zero-order valence-electron chi connectivity index (χ0n) is 10.9. The molecule has 0 atom stereocenters. The number of amides is 1. The molecule has 0 aliphatic rings. The summed E-state index contributed by atoms with van der Waals surface area (Å²) in [7, 11) is 1.46. The normalized spacial score (nSPS) is 10.0. The highest BCUT2D eigenvalue weighted by atomic mass is 35.5. The Morgan fingerprint density at radius 3 is 2.81 bits per heavy atom. The Morgan fingerprint density at radius 1 is 1.43 bits per heavy atom. The van der Waals surface area contributed by atoms with E-state index in [0.29, 0.717) is 11.4 Å². The smallest absolute Gasteiger partial charge is 0.300 e. The van der Waals surface area contributed by atoms with Gasteiger partial charge in [0.1, 0.15) is 22.7 Å². The number of ether oxygens (including phenoxy) is 1. The summed E-state index contributed by atoms with van der Waals surface area (Å²) in [5.74, 6) is -0.232. The molecule has 2 rings (SSSR count). The summed E-state index contributed by atoms with van der Waals surface area (Å²) in [6.07, 6.45) is 0.944. The number of rotatable bonds is 4. The lowest BCUT2D eigenvalue weighted by Crippen LogP contribution is -2.15. The van der Waals surface area contributed by atoms with Gasteiger partial charge in [-0.05, 0) is 18.2 Å². The maximum absolute atomic E-state index is 12.2. The van der Waals surface area contributed by atoms with E-state index in [2.05, 4.69) is 10.3 Å². The molecule has 0 bridgehead atoms. The molecule has 0 aliphatic carbocycles. The maximum Gasteiger partial charge on any atom is 0.300 e. The van der Waals surface area contributed by atoms with Crippen molar-refractivity contribution in [2.45, 2.75) is 0 Å². The number of nitrogens with zero attached hydrogens (tertiary/aromatic N) is 2. The molecule has 8 heteroatoms. The van der Waals surface area contributed by atoms with Crippen LogP contribution in [0.15, 0.2) is 36.5 Å². The molecule has 0 saturated carbocycles. The van der Waals surface area contributed by atoms with Gasteiger partial charge in [0.15, 0.2) is 0 Å². The number of anilines is 1. The molecule has 0 spiro atoms. The molecule has 1 amide bonds. The number of methoxy groups -OCH3 is 1. The molecular formula is C13H10ClN3O4. The third kappa shape index (κ3) is 3.26. The van der Waals surface area contributed by atoms with Gasteiger partial charge in [0.2, 0.25) is 0 Å². The van der Waals surface area contributed by atoms with Gasteiger partial charge in [-0.3, -0.25) is 14.9 Å². The van der Waals surface area contributed by atoms with Gasteiger partial charge in [-0.1, -0.05) is 23.7 Å². The zero-order valence-corrected chi connectivity index (χ0v) is 11.6. The van der Waals surface area contributed by atoms with Crippen LogP contribution in [-0.4, -0.2) is 22.9 Å². The molecule has 2 aromatic rings. The van der Waals surface area contributed by atoms with Crippen LogP contribution < -0.4 is 10.1 Å². The average molecular weight is 308 g/mol. The highest BCUT2D eigenvalue weighted by Gasteiger charge is 2.22. The molecule has 0 aliphatic heterocycles. The van der Waals surface area contributed by atoms with Crippen molar-refractivity contribution in [2.24, 2.45) is 0 Å². The minimum atomic E-state index is -0.694. The van der Waals surface area contributed by atoms with Gasteiger partial charge >= 0.3 is 0 Å². The van der Waals surface area contributed by atoms with E-state index in [9.17, 15) is 14.9 Å². The number of para-hydroxylation sites is 2. The lowest BCUT2D eigenvalue weighted by Gasteiger charge is -2.09. The van der Waals surface area contributed by atoms with Crippen LogP contribution in [0.5, 0.6) is 5.75 Å². The molecule has 0 unspecified atom stereocenters. The molecule has 1 aromatic heterocycles. The van der Waals surface area contributed by atoms with E-state index in [1.54, 1.807) is 24.3 Å². The van der Waals surface area contributed by atoms with Crippen LogP contribution >= 0.6 is 11.6 Å². The van der Waals surface area contributed by atoms with Crippen molar-refractivity contribution >= 4 is 28.9 Å². The predicted molar refractivity (Wildman–Crippen MR) is 76.8 cm³/mol. The van der Waals surface area contributed by atoms with Crippen molar-refractivity contribution in [1.29, 1.82) is 0 Å². The van der Waals surface area contributed by atoms with Gasteiger partial charge in [0.05, 0.1) is 17.7 Å². The zero-order chi connectivity index (χ0) is 15.4. The molecule has 21 heavy (non-hydrogen) atoms. The van der Waals surface area contributed by atoms with Gasteiger partial charge in [0, 0.05) is 0 Å². The van der Waals surface area contributed by atoms with Crippen LogP contribution in [-0.2, 0) is 0 Å². The number of nitrogens with one attached hydrogen (secondary N) is 1. The standard InChI is InChI=1S/C13H10ClN3O4/c1-21-11-5-3-2-4-9(11)16-13(18)8-6-12(14)15-7-10(8)17(19)20/h2-7H,1H3,(H,16,18). The largest absolute Gasteiger partial charge is 0.495 e. The molecular weight excluding hydrogens is 298 g/mol. The summed E-state index contributed by atoms with van der Waals surface area (Å²) in [6.45, 7) is 0. The Hall–Kier alpha value is -2.67. The number of hydrogen-bond donors (Lipinski definition) is 1. The van der Waals surface area contributed by atoms with Gasteiger partial charge in [-0.15, -0.1) is 0 Å². The van der Waals surface area contributed by atoms with Crippen LogP contribution in [0.3, 0.4) is 0 Å². The van der Waals surface area contributed by atoms with E-state index in [4.69, 9.17) is 16.3 Å². The minimum Gasteiger partial charge on any atom is -0.495 e. The fourth-order valence-corrected chi connectivity index (χ4v) is 1.85. The summed E-state index contributed by atoms with van der Waals surface area (Å²) < 4.78 is 5.10. The second-order valence-electron chi connectivity index (χ2n) is 3.94. The number of carbonyl (C=O) groups is 1. The Bertz CT molecular complexity index is 706. The van der Waals surface area contributed by atoms with E-state index in [1.807, 2.05) is 0 Å². The lowest BCUT2D eigenvalue weighted by atomic mass is 10.2. The first-order valence-corrected chi connectivity index (χ1v) is 6.15. The first kappa shape index (κ1) is 14.7. The molecule has 0 saturated heterocycles. The van der Waals surface area contributed by atoms with Gasteiger partial charge in [-0.2, -0.15) is 0 Å². The molecule has 108 valence electrons. The Labute approximate surface area is 124 Å². The van der Waals surface area contributed by atoms with Crippen molar-refractivity contribution < 1.29 is 14.5 Å². The number of nitro groups is 1. The molecule has 1 N–H and O–H groups in total. The Morgan fingerprint density at radius 2 is 2.14 bits per heavy atom. The quantitative estimate of drug-likeness (QED) is 0.532. The topological polar surface area (TPSA) is 94.4 Å². The fourth-order valence-electron chi connectivity index (χ4n) is 1.69. The first-order chi connectivity index (χ1) is 10.0. The second-order valence-corrected chi connectivity index (χ2v) is 4.32. The fraction of sp³-hybridized carbons (Fsp3) is 0.0769. The van der Waals surface area contributed by atoms with Crippen LogP contribution in [0.2, 0.25) is 5.15 Å². The highest BCUT2D eigenvalue weighted by Crippen LogP contribution is 2.26. The monoisotopic (exact) mass is 307 g/mol. The SMILES string of the molecule is COc1ccccc1NC(=O)c1cc(Cl)ncc1[N+](=O)[O-]. The molecule has 1 aromatic carbocycles. The number of carbonyl (C=O) groups excluding carboxylic acids is 1. The lowest BCUT2D eigenvalue weighted by molar-refractivity contribution is -0.385. The van der Waals surface area contributed by atoms with Gasteiger partial charge < -0.3 is 10.1 Å². The Kier molecular flexibility index (Phi) is 4.34. The van der Waals surface area contributed by atoms with Gasteiger partial charge in [-0.25, -0.2) is 4.98 Å². The van der Waals surface area contributed by atoms with Crippen molar-refractivity contribution in [3.63, 3.8) is 0 Å². The van der Waals surface area contributed by atoms with E-state index >= 15 is 0 Å². The molecule has 0 radical (unpaired) electrons. The number of halogens is 1. The maximum atomic E-state index is 12.2. The van der Waals surface area contributed by atoms with Crippen LogP contribution in [0, 0.1) is 10.1 Å². The summed E-state index contributed by atoms with van der Waals surface area (Å²) in [5, 5.41) is 13.5. The molecule has 1 heterocycles. The van der Waals surface area contributed by atoms with Crippen molar-refractivity contribution in [3.05, 3.63) is 57.4 Å². The first-order valence-electron chi connectivity index (χ1n) is 5.77. The molecule has 0 fully saturated rings. The average Bonchev–Trinajstić information content (AvgIpc) is 2.47. The summed E-state index contributed by atoms with van der Waals surface area (Å²) in [4.78, 5) is 26.0. The van der Waals surface area contributed by atoms with Crippen molar-refractivity contribution in [1.82, 2.24) is 4.98 Å². The van der Waals surface area contributed by atoms with Crippen molar-refractivity contribution in [2.75, 3.05) is 12.4 Å². The second kappa shape index (κ2) is 6.19. The highest BCUT2D eigenvalue weighted by molar-refractivity contribution is 6.30. The minimum absolute atomic E-state index is 0.00854. The summed E-state index contributed by atoms with van der Waals surface area (Å²) >= 11 is 5.69. The third-order valence-corrected chi connectivity index (χ3v) is 2.85. The van der Waals surface area contributed by atoms with Crippen LogP contribution in [0.25, 0.3) is 0 Å². The van der Waals surface area contributed by atoms with E-state index in [-0.39, 0.29) is 10.7 Å². The van der Waals surface area contributed by atoms with Crippen LogP contribution in [0.1, 0.15) is 10.4 Å². The number of aromatic nitrogens is 1. The number of benzene rings is 1. The number of hydrogen-bond acceptors (Lipinski definition) is 5. The summed E-state index contributed by atoms with van der Waals surface area (Å²) in [5.41, 5.74) is -0.204. The summed E-state index contributed by atoms with van der Waals surface area (Å²) in [6, 6.07) is 7.85.